The van der Waals surface area contributed by atoms with Gasteiger partial charge in [0.1, 0.15) is 5.69 Å². The highest BCUT2D eigenvalue weighted by Gasteiger charge is 2.18. The lowest BCUT2D eigenvalue weighted by Gasteiger charge is -2.12. The summed E-state index contributed by atoms with van der Waals surface area (Å²) in [5.41, 5.74) is 2.58. The average molecular weight is 468 g/mol. The van der Waals surface area contributed by atoms with Crippen LogP contribution in [0.4, 0.5) is 11.4 Å². The van der Waals surface area contributed by atoms with Gasteiger partial charge in [-0.3, -0.25) is 14.9 Å². The van der Waals surface area contributed by atoms with Crippen molar-refractivity contribution in [2.45, 2.75) is 17.7 Å². The maximum absolute atomic E-state index is 12.7. The van der Waals surface area contributed by atoms with Gasteiger partial charge in [-0.05, 0) is 42.2 Å². The molecule has 8 nitrogen and oxygen atoms in total. The highest BCUT2D eigenvalue weighted by Crippen LogP contribution is 2.27. The second kappa shape index (κ2) is 10.7. The zero-order chi connectivity index (χ0) is 23.8. The Bertz CT molecular complexity index is 1240. The summed E-state index contributed by atoms with van der Waals surface area (Å²) in [4.78, 5) is 23.3. The standard InChI is InChI=1S/C24H25N3O5S/c1-33(31,32)20-13-14-22(23(17-20)27(29)30)25-15-16-26-24(28)21-10-6-5-9-19(21)12-11-18-7-3-2-4-8-18/h2-10,13-14,17,25H,11-12,15-16H2,1H3,(H,26,28). The number of aryl methyl sites for hydroxylation is 2. The summed E-state index contributed by atoms with van der Waals surface area (Å²) in [6.45, 7) is 0.466. The normalized spacial score (nSPS) is 11.1. The molecule has 0 saturated heterocycles. The average Bonchev–Trinajstić information content (AvgIpc) is 2.80. The number of hydrogen-bond acceptors (Lipinski definition) is 6. The molecule has 9 heteroatoms. The van der Waals surface area contributed by atoms with Crippen molar-refractivity contribution in [3.8, 4) is 0 Å². The minimum atomic E-state index is -3.56. The Balaban J connectivity index is 1.59. The lowest BCUT2D eigenvalue weighted by atomic mass is 9.99. The van der Waals surface area contributed by atoms with Gasteiger partial charge in [0.15, 0.2) is 9.84 Å². The molecule has 3 aromatic carbocycles. The zero-order valence-corrected chi connectivity index (χ0v) is 19.0. The monoisotopic (exact) mass is 467 g/mol. The fourth-order valence-electron chi connectivity index (χ4n) is 3.39. The molecule has 1 amide bonds. The number of hydrogen-bond donors (Lipinski definition) is 2. The minimum absolute atomic E-state index is 0.125. The van der Waals surface area contributed by atoms with Crippen LogP contribution in [0.3, 0.4) is 0 Å². The summed E-state index contributed by atoms with van der Waals surface area (Å²) in [5.74, 6) is -0.220. The van der Waals surface area contributed by atoms with Gasteiger partial charge in [-0.2, -0.15) is 0 Å². The van der Waals surface area contributed by atoms with Gasteiger partial charge < -0.3 is 10.6 Å². The van der Waals surface area contributed by atoms with E-state index in [-0.39, 0.29) is 35.3 Å². The summed E-state index contributed by atoms with van der Waals surface area (Å²) in [7, 11) is -3.56. The molecule has 3 aromatic rings. The molecule has 0 bridgehead atoms. The highest BCUT2D eigenvalue weighted by atomic mass is 32.2. The maximum Gasteiger partial charge on any atom is 0.293 e. The van der Waals surface area contributed by atoms with Gasteiger partial charge in [-0.25, -0.2) is 8.42 Å². The molecule has 0 aliphatic rings. The van der Waals surface area contributed by atoms with Crippen molar-refractivity contribution < 1.29 is 18.1 Å². The Kier molecular flexibility index (Phi) is 7.78. The lowest BCUT2D eigenvalue weighted by Crippen LogP contribution is -2.29. The third kappa shape index (κ3) is 6.63. The van der Waals surface area contributed by atoms with Crippen LogP contribution < -0.4 is 10.6 Å². The minimum Gasteiger partial charge on any atom is -0.378 e. The maximum atomic E-state index is 12.7. The van der Waals surface area contributed by atoms with E-state index in [1.807, 2.05) is 36.4 Å². The number of rotatable bonds is 10. The first kappa shape index (κ1) is 23.9. The number of nitro groups is 1. The third-order valence-electron chi connectivity index (χ3n) is 5.11. The van der Waals surface area contributed by atoms with Crippen LogP contribution in [0, 0.1) is 10.1 Å². The molecule has 2 N–H and O–H groups in total. The second-order valence-corrected chi connectivity index (χ2v) is 9.55. The Morgan fingerprint density at radius 2 is 1.64 bits per heavy atom. The number of amides is 1. The quantitative estimate of drug-likeness (QED) is 0.267. The van der Waals surface area contributed by atoms with Gasteiger partial charge in [0, 0.05) is 31.0 Å². The number of carbonyl (C=O) groups is 1. The number of benzene rings is 3. The molecule has 0 aliphatic heterocycles. The van der Waals surface area contributed by atoms with Gasteiger partial charge in [0.2, 0.25) is 0 Å². The van der Waals surface area contributed by atoms with Crippen molar-refractivity contribution in [1.82, 2.24) is 5.32 Å². The summed E-state index contributed by atoms with van der Waals surface area (Å²) < 4.78 is 23.3. The van der Waals surface area contributed by atoms with E-state index in [1.54, 1.807) is 6.07 Å². The smallest absolute Gasteiger partial charge is 0.293 e. The number of anilines is 1. The second-order valence-electron chi connectivity index (χ2n) is 7.53. The number of nitrogens with zero attached hydrogens (tertiary/aromatic N) is 1. The molecular weight excluding hydrogens is 442 g/mol. The summed E-state index contributed by atoms with van der Waals surface area (Å²) in [6, 6.07) is 21.2. The Labute approximate surface area is 192 Å². The van der Waals surface area contributed by atoms with Crippen LogP contribution in [0.2, 0.25) is 0 Å². The van der Waals surface area contributed by atoms with Gasteiger partial charge in [-0.1, -0.05) is 48.5 Å². The van der Waals surface area contributed by atoms with Gasteiger partial charge in [0.05, 0.1) is 9.82 Å². The van der Waals surface area contributed by atoms with E-state index in [0.717, 1.165) is 30.7 Å². The lowest BCUT2D eigenvalue weighted by molar-refractivity contribution is -0.384. The molecular formula is C24H25N3O5S. The molecule has 33 heavy (non-hydrogen) atoms. The van der Waals surface area contributed by atoms with E-state index in [2.05, 4.69) is 22.8 Å². The molecule has 3 rings (SSSR count). The topological polar surface area (TPSA) is 118 Å². The fraction of sp³-hybridized carbons (Fsp3) is 0.208. The number of nitro benzene ring substituents is 1. The Morgan fingerprint density at radius 3 is 2.33 bits per heavy atom. The first-order chi connectivity index (χ1) is 15.8. The summed E-state index contributed by atoms with van der Waals surface area (Å²) in [6.07, 6.45) is 2.54. The first-order valence-corrected chi connectivity index (χ1v) is 12.3. The molecule has 0 aromatic heterocycles. The Hall–Kier alpha value is -3.72. The van der Waals surface area contributed by atoms with E-state index in [1.165, 1.54) is 17.7 Å². The number of nitrogens with one attached hydrogen (secondary N) is 2. The molecule has 0 spiro atoms. The van der Waals surface area contributed by atoms with Crippen LogP contribution in [0.15, 0.2) is 77.7 Å². The van der Waals surface area contributed by atoms with Crippen LogP contribution in [-0.4, -0.2) is 38.6 Å². The van der Waals surface area contributed by atoms with Crippen LogP contribution in [-0.2, 0) is 22.7 Å². The van der Waals surface area contributed by atoms with E-state index < -0.39 is 14.8 Å². The number of sulfone groups is 1. The van der Waals surface area contributed by atoms with Crippen molar-refractivity contribution in [3.63, 3.8) is 0 Å². The van der Waals surface area contributed by atoms with E-state index in [4.69, 9.17) is 0 Å². The van der Waals surface area contributed by atoms with E-state index in [0.29, 0.717) is 5.56 Å². The molecule has 0 aliphatic carbocycles. The van der Waals surface area contributed by atoms with Crippen molar-refractivity contribution in [3.05, 3.63) is 99.6 Å². The van der Waals surface area contributed by atoms with Crippen LogP contribution >= 0.6 is 0 Å². The van der Waals surface area contributed by atoms with Gasteiger partial charge in [0.25, 0.3) is 11.6 Å². The van der Waals surface area contributed by atoms with E-state index >= 15 is 0 Å². The van der Waals surface area contributed by atoms with Crippen molar-refractivity contribution in [2.24, 2.45) is 0 Å². The van der Waals surface area contributed by atoms with Crippen molar-refractivity contribution in [1.29, 1.82) is 0 Å². The first-order valence-electron chi connectivity index (χ1n) is 10.4. The Morgan fingerprint density at radius 1 is 0.939 bits per heavy atom. The summed E-state index contributed by atoms with van der Waals surface area (Å²) in [5, 5.41) is 17.0. The molecule has 172 valence electrons. The van der Waals surface area contributed by atoms with Crippen molar-refractivity contribution in [2.75, 3.05) is 24.7 Å². The van der Waals surface area contributed by atoms with Gasteiger partial charge in [-0.15, -0.1) is 0 Å². The predicted octanol–water partition coefficient (Wildman–Crippen LogP) is 3.63. The van der Waals surface area contributed by atoms with Crippen LogP contribution in [0.25, 0.3) is 0 Å². The van der Waals surface area contributed by atoms with Crippen LogP contribution in [0.5, 0.6) is 0 Å². The molecule has 0 fully saturated rings. The molecule has 0 radical (unpaired) electrons. The molecule has 0 unspecified atom stereocenters. The fourth-order valence-corrected chi connectivity index (χ4v) is 4.04. The van der Waals surface area contributed by atoms with Crippen LogP contribution in [0.1, 0.15) is 21.5 Å². The SMILES string of the molecule is CS(=O)(=O)c1ccc(NCCNC(=O)c2ccccc2CCc2ccccc2)c([N+](=O)[O-])c1. The molecule has 0 atom stereocenters. The highest BCUT2D eigenvalue weighted by molar-refractivity contribution is 7.90. The number of carbonyl (C=O) groups excluding carboxylic acids is 1. The largest absolute Gasteiger partial charge is 0.378 e. The van der Waals surface area contributed by atoms with Crippen molar-refractivity contribution >= 4 is 27.1 Å². The predicted molar refractivity (Wildman–Crippen MR) is 127 cm³/mol. The zero-order valence-electron chi connectivity index (χ0n) is 18.2. The van der Waals surface area contributed by atoms with E-state index in [9.17, 15) is 23.3 Å². The van der Waals surface area contributed by atoms with Gasteiger partial charge >= 0.3 is 0 Å². The molecule has 0 heterocycles. The molecule has 0 saturated carbocycles. The summed E-state index contributed by atoms with van der Waals surface area (Å²) >= 11 is 0. The third-order valence-corrected chi connectivity index (χ3v) is 6.22.